The quantitative estimate of drug-likeness (QED) is 0.588. The monoisotopic (exact) mass is 208 g/mol. The zero-order chi connectivity index (χ0) is 11.1. The summed E-state index contributed by atoms with van der Waals surface area (Å²) in [5.74, 6) is 0. The molecule has 1 heterocycles. The lowest BCUT2D eigenvalue weighted by Crippen LogP contribution is -2.48. The minimum Gasteiger partial charge on any atom is -0.378 e. The third-order valence-electron chi connectivity index (χ3n) is 2.08. The van der Waals surface area contributed by atoms with Crippen molar-refractivity contribution in [3.05, 3.63) is 0 Å². The van der Waals surface area contributed by atoms with Gasteiger partial charge in [-0.3, -0.25) is 4.90 Å². The highest BCUT2D eigenvalue weighted by molar-refractivity contribution is 5.75. The number of hydrogen-bond donors (Lipinski definition) is 0. The van der Waals surface area contributed by atoms with Crippen LogP contribution in [0, 0.1) is 22.7 Å². The second kappa shape index (κ2) is 5.84. The topological polar surface area (TPSA) is 80.4 Å². The van der Waals surface area contributed by atoms with E-state index in [2.05, 4.69) is 0 Å². The van der Waals surface area contributed by atoms with Crippen molar-refractivity contribution < 1.29 is 9.53 Å². The van der Waals surface area contributed by atoms with Crippen molar-refractivity contribution >= 4 is 6.03 Å². The van der Waals surface area contributed by atoms with Gasteiger partial charge >= 0.3 is 6.03 Å². The molecule has 0 N–H and O–H groups in total. The minimum absolute atomic E-state index is 0.0518. The number of morpholine rings is 1. The summed E-state index contributed by atoms with van der Waals surface area (Å²) >= 11 is 0. The van der Waals surface area contributed by atoms with Gasteiger partial charge in [-0.05, 0) is 0 Å². The first-order chi connectivity index (χ1) is 7.29. The average Bonchev–Trinajstić information content (AvgIpc) is 2.29. The van der Waals surface area contributed by atoms with E-state index in [4.69, 9.17) is 15.3 Å². The van der Waals surface area contributed by atoms with Crippen molar-refractivity contribution in [2.45, 2.75) is 0 Å². The smallest absolute Gasteiger partial charge is 0.321 e. The molecule has 1 rings (SSSR count). The molecule has 1 aliphatic rings. The number of nitriles is 2. The third-order valence-corrected chi connectivity index (χ3v) is 2.08. The van der Waals surface area contributed by atoms with Gasteiger partial charge in [0.25, 0.3) is 0 Å². The number of hydrogen-bond acceptors (Lipinski definition) is 4. The van der Waals surface area contributed by atoms with Crippen molar-refractivity contribution in [3.63, 3.8) is 0 Å². The molecule has 0 bridgehead atoms. The Labute approximate surface area is 88.2 Å². The second-order valence-electron chi connectivity index (χ2n) is 3.05. The van der Waals surface area contributed by atoms with E-state index in [9.17, 15) is 4.79 Å². The van der Waals surface area contributed by atoms with E-state index in [1.54, 1.807) is 4.90 Å². The van der Waals surface area contributed by atoms with E-state index < -0.39 is 0 Å². The van der Waals surface area contributed by atoms with E-state index in [-0.39, 0.29) is 19.1 Å². The van der Waals surface area contributed by atoms with Gasteiger partial charge in [0.05, 0.1) is 25.4 Å². The fourth-order valence-electron chi connectivity index (χ4n) is 1.32. The summed E-state index contributed by atoms with van der Waals surface area (Å²) in [5.41, 5.74) is 0. The van der Waals surface area contributed by atoms with Crippen molar-refractivity contribution in [1.82, 2.24) is 9.80 Å². The molecule has 0 saturated carbocycles. The van der Waals surface area contributed by atoms with Gasteiger partial charge in [0.1, 0.15) is 13.1 Å². The Bertz CT molecular complexity index is 282. The largest absolute Gasteiger partial charge is 0.378 e. The molecule has 0 aliphatic carbocycles. The number of urea groups is 1. The van der Waals surface area contributed by atoms with E-state index >= 15 is 0 Å². The molecule has 0 radical (unpaired) electrons. The molecule has 0 aromatic heterocycles. The van der Waals surface area contributed by atoms with Crippen LogP contribution in [-0.2, 0) is 4.74 Å². The van der Waals surface area contributed by atoms with Crippen molar-refractivity contribution in [2.75, 3.05) is 39.4 Å². The molecule has 1 saturated heterocycles. The third kappa shape index (κ3) is 3.12. The summed E-state index contributed by atoms with van der Waals surface area (Å²) in [4.78, 5) is 14.6. The molecule has 0 unspecified atom stereocenters. The van der Waals surface area contributed by atoms with Crippen LogP contribution in [0.2, 0.25) is 0 Å². The number of carbonyl (C=O) groups is 1. The van der Waals surface area contributed by atoms with Gasteiger partial charge in [0.2, 0.25) is 0 Å². The first-order valence-electron chi connectivity index (χ1n) is 4.65. The van der Waals surface area contributed by atoms with Crippen LogP contribution in [0.4, 0.5) is 4.79 Å². The highest BCUT2D eigenvalue weighted by Gasteiger charge is 2.22. The summed E-state index contributed by atoms with van der Waals surface area (Å²) in [5, 5.41) is 17.0. The zero-order valence-corrected chi connectivity index (χ0v) is 8.35. The van der Waals surface area contributed by atoms with Gasteiger partial charge in [-0.1, -0.05) is 0 Å². The van der Waals surface area contributed by atoms with Crippen molar-refractivity contribution in [2.24, 2.45) is 0 Å². The first-order valence-corrected chi connectivity index (χ1v) is 4.65. The van der Waals surface area contributed by atoms with Crippen LogP contribution in [0.25, 0.3) is 0 Å². The lowest BCUT2D eigenvalue weighted by Gasteiger charge is -2.30. The molecule has 6 nitrogen and oxygen atoms in total. The van der Waals surface area contributed by atoms with Crippen LogP contribution >= 0.6 is 0 Å². The van der Waals surface area contributed by atoms with E-state index in [0.29, 0.717) is 26.3 Å². The summed E-state index contributed by atoms with van der Waals surface area (Å²) in [6.45, 7) is 1.96. The highest BCUT2D eigenvalue weighted by atomic mass is 16.5. The molecule has 0 aromatic rings. The number of carbonyl (C=O) groups excluding carboxylic acids is 1. The number of amides is 2. The van der Waals surface area contributed by atoms with Crippen LogP contribution < -0.4 is 0 Å². The Hall–Kier alpha value is -1.79. The van der Waals surface area contributed by atoms with Gasteiger partial charge in [0, 0.05) is 13.1 Å². The molecule has 0 spiro atoms. The molecule has 80 valence electrons. The highest BCUT2D eigenvalue weighted by Crippen LogP contribution is 2.02. The Morgan fingerprint density at radius 2 is 1.80 bits per heavy atom. The molecular weight excluding hydrogens is 196 g/mol. The number of nitrogens with zero attached hydrogens (tertiary/aromatic N) is 4. The Morgan fingerprint density at radius 3 is 2.27 bits per heavy atom. The molecule has 1 fully saturated rings. The van der Waals surface area contributed by atoms with E-state index in [1.807, 2.05) is 12.1 Å². The summed E-state index contributed by atoms with van der Waals surface area (Å²) in [6.07, 6.45) is 0. The van der Waals surface area contributed by atoms with Gasteiger partial charge in [-0.15, -0.1) is 0 Å². The van der Waals surface area contributed by atoms with Crippen molar-refractivity contribution in [1.29, 1.82) is 10.5 Å². The predicted molar refractivity (Wildman–Crippen MR) is 50.6 cm³/mol. The average molecular weight is 208 g/mol. The Morgan fingerprint density at radius 1 is 1.27 bits per heavy atom. The lowest BCUT2D eigenvalue weighted by molar-refractivity contribution is 0.0453. The van der Waals surface area contributed by atoms with Gasteiger partial charge in [-0.25, -0.2) is 4.79 Å². The Kier molecular flexibility index (Phi) is 4.39. The Balaban J connectivity index is 2.54. The standard InChI is InChI=1S/C9H12N4O2/c10-1-3-12(4-2-11)9(14)13-5-7-15-8-6-13/h3-8H2. The number of ether oxygens (including phenoxy) is 1. The molecule has 0 aromatic carbocycles. The summed E-state index contributed by atoms with van der Waals surface area (Å²) < 4.78 is 5.11. The first kappa shape index (κ1) is 11.3. The van der Waals surface area contributed by atoms with E-state index in [0.717, 1.165) is 0 Å². The maximum atomic E-state index is 11.8. The number of rotatable bonds is 2. The molecule has 6 heteroatoms. The molecule has 1 aliphatic heterocycles. The summed E-state index contributed by atoms with van der Waals surface area (Å²) in [7, 11) is 0. The van der Waals surface area contributed by atoms with E-state index in [1.165, 1.54) is 4.90 Å². The normalized spacial score (nSPS) is 15.2. The SMILES string of the molecule is N#CCN(CC#N)C(=O)N1CCOCC1. The van der Waals surface area contributed by atoms with Gasteiger partial charge in [0.15, 0.2) is 0 Å². The van der Waals surface area contributed by atoms with Gasteiger partial charge < -0.3 is 9.64 Å². The van der Waals surface area contributed by atoms with Crippen molar-refractivity contribution in [3.8, 4) is 12.1 Å². The maximum absolute atomic E-state index is 11.8. The molecule has 2 amide bonds. The second-order valence-corrected chi connectivity index (χ2v) is 3.05. The van der Waals surface area contributed by atoms with Crippen LogP contribution in [0.15, 0.2) is 0 Å². The minimum atomic E-state index is -0.263. The van der Waals surface area contributed by atoms with Crippen LogP contribution in [0.5, 0.6) is 0 Å². The predicted octanol–water partition coefficient (Wildman–Crippen LogP) is -0.212. The van der Waals surface area contributed by atoms with Crippen LogP contribution in [0.3, 0.4) is 0 Å². The van der Waals surface area contributed by atoms with Crippen LogP contribution in [-0.4, -0.2) is 55.2 Å². The molecular formula is C9H12N4O2. The zero-order valence-electron chi connectivity index (χ0n) is 8.35. The fraction of sp³-hybridized carbons (Fsp3) is 0.667. The maximum Gasteiger partial charge on any atom is 0.321 e. The fourth-order valence-corrected chi connectivity index (χ4v) is 1.32. The molecule has 15 heavy (non-hydrogen) atoms. The molecule has 0 atom stereocenters. The lowest BCUT2D eigenvalue weighted by atomic mass is 10.4. The summed E-state index contributed by atoms with van der Waals surface area (Å²) in [6, 6.07) is 3.47. The van der Waals surface area contributed by atoms with Crippen LogP contribution in [0.1, 0.15) is 0 Å². The van der Waals surface area contributed by atoms with Gasteiger partial charge in [-0.2, -0.15) is 10.5 Å².